The third-order valence-corrected chi connectivity index (χ3v) is 7.78. The molecular weight excluding hydrogens is 721 g/mol. The monoisotopic (exact) mass is 753 g/mol. The number of carbonyl (C=O) groups is 2. The minimum absolute atomic E-state index is 0.0170. The Labute approximate surface area is 290 Å². The summed E-state index contributed by atoms with van der Waals surface area (Å²) in [6.45, 7) is 1.36. The lowest BCUT2D eigenvalue weighted by atomic mass is 9.93. The highest BCUT2D eigenvalue weighted by molar-refractivity contribution is 5.90. The summed E-state index contributed by atoms with van der Waals surface area (Å²) in [5, 5.41) is 11.7. The van der Waals surface area contributed by atoms with E-state index >= 15 is 0 Å². The Balaban J connectivity index is 1.74. The molecule has 0 spiro atoms. The summed E-state index contributed by atoms with van der Waals surface area (Å²) in [6, 6.07) is 0.951. The molecule has 3 aromatic rings. The van der Waals surface area contributed by atoms with Gasteiger partial charge in [0.2, 0.25) is 5.95 Å². The van der Waals surface area contributed by atoms with E-state index in [0.29, 0.717) is 18.2 Å². The van der Waals surface area contributed by atoms with Gasteiger partial charge in [0.1, 0.15) is 12.3 Å². The van der Waals surface area contributed by atoms with Crippen molar-refractivity contribution in [2.75, 3.05) is 37.1 Å². The summed E-state index contributed by atoms with van der Waals surface area (Å²) < 4.78 is 139. The highest BCUT2D eigenvalue weighted by Crippen LogP contribution is 2.42. The standard InChI is InChI=1S/C32H32F9N5O6/c1-3-20-15-22(27-23(6-7-25(45-27)32(39,40)41)46(20)29(49)52-8-4-5-26(47)48)44-28-42-16-24(51-10-9-50-2)21(43-28)13-17-11-18(30(33,34)35)14-19(12-17)31(36,37)38/h6-7,11-12,14,16,20,22H,3-5,8-10,13,15H2,1-2H3,(H,47,48)(H,42,43,44)/t20-,22+/m1/s1. The molecule has 1 aromatic carbocycles. The highest BCUT2D eigenvalue weighted by Gasteiger charge is 2.41. The van der Waals surface area contributed by atoms with E-state index in [2.05, 4.69) is 20.3 Å². The first-order valence-corrected chi connectivity index (χ1v) is 15.6. The molecule has 4 rings (SSSR count). The van der Waals surface area contributed by atoms with Crippen molar-refractivity contribution in [1.82, 2.24) is 15.0 Å². The molecule has 0 aliphatic carbocycles. The first-order valence-electron chi connectivity index (χ1n) is 15.6. The van der Waals surface area contributed by atoms with E-state index in [1.165, 1.54) is 7.11 Å². The van der Waals surface area contributed by atoms with Crippen molar-refractivity contribution in [3.8, 4) is 5.75 Å². The molecule has 2 aromatic heterocycles. The molecule has 0 unspecified atom stereocenters. The van der Waals surface area contributed by atoms with Crippen LogP contribution in [-0.4, -0.2) is 65.1 Å². The number of benzene rings is 1. The van der Waals surface area contributed by atoms with Gasteiger partial charge in [0.15, 0.2) is 5.75 Å². The number of hydrogen-bond acceptors (Lipinski definition) is 9. The predicted octanol–water partition coefficient (Wildman–Crippen LogP) is 7.69. The predicted molar refractivity (Wildman–Crippen MR) is 164 cm³/mol. The van der Waals surface area contributed by atoms with Gasteiger partial charge in [-0.25, -0.2) is 19.7 Å². The van der Waals surface area contributed by atoms with E-state index in [4.69, 9.17) is 19.3 Å². The molecule has 0 fully saturated rings. The minimum Gasteiger partial charge on any atom is -0.488 e. The van der Waals surface area contributed by atoms with Crippen molar-refractivity contribution in [2.45, 2.75) is 69.6 Å². The van der Waals surface area contributed by atoms with Gasteiger partial charge in [-0.3, -0.25) is 9.69 Å². The fourth-order valence-electron chi connectivity index (χ4n) is 5.38. The maximum atomic E-state index is 13.8. The first kappa shape index (κ1) is 39.9. The van der Waals surface area contributed by atoms with Crippen LogP contribution >= 0.6 is 0 Å². The second-order valence-corrected chi connectivity index (χ2v) is 11.5. The number of amides is 1. The van der Waals surface area contributed by atoms with Crippen LogP contribution in [0.3, 0.4) is 0 Å². The van der Waals surface area contributed by atoms with Crippen molar-refractivity contribution in [3.63, 3.8) is 0 Å². The minimum atomic E-state index is -5.11. The maximum Gasteiger partial charge on any atom is 0.433 e. The fourth-order valence-corrected chi connectivity index (χ4v) is 5.38. The van der Waals surface area contributed by atoms with Crippen LogP contribution in [-0.2, 0) is 39.2 Å². The van der Waals surface area contributed by atoms with Crippen LogP contribution in [0.2, 0.25) is 0 Å². The zero-order valence-corrected chi connectivity index (χ0v) is 27.5. The topological polar surface area (TPSA) is 136 Å². The normalized spacial score (nSPS) is 16.3. The number of pyridine rings is 1. The summed E-state index contributed by atoms with van der Waals surface area (Å²) in [4.78, 5) is 37.3. The summed E-state index contributed by atoms with van der Waals surface area (Å²) >= 11 is 0. The molecule has 1 amide bonds. The number of fused-ring (bicyclic) bond motifs is 1. The van der Waals surface area contributed by atoms with Crippen LogP contribution in [0.4, 0.5) is 55.9 Å². The number of nitrogens with zero attached hydrogens (tertiary/aromatic N) is 4. The molecule has 284 valence electrons. The Morgan fingerprint density at radius 3 is 2.19 bits per heavy atom. The van der Waals surface area contributed by atoms with Gasteiger partial charge in [0.25, 0.3) is 0 Å². The smallest absolute Gasteiger partial charge is 0.433 e. The van der Waals surface area contributed by atoms with Gasteiger partial charge < -0.3 is 24.6 Å². The molecule has 0 radical (unpaired) electrons. The zero-order chi connectivity index (χ0) is 38.4. The van der Waals surface area contributed by atoms with Crippen molar-refractivity contribution in [1.29, 1.82) is 0 Å². The largest absolute Gasteiger partial charge is 0.488 e. The van der Waals surface area contributed by atoms with Crippen molar-refractivity contribution in [3.05, 3.63) is 70.3 Å². The van der Waals surface area contributed by atoms with Gasteiger partial charge in [-0.1, -0.05) is 6.92 Å². The Morgan fingerprint density at radius 2 is 1.62 bits per heavy atom. The number of nitrogens with one attached hydrogen (secondary N) is 1. The second kappa shape index (κ2) is 16.2. The summed E-state index contributed by atoms with van der Waals surface area (Å²) in [7, 11) is 1.36. The van der Waals surface area contributed by atoms with Crippen molar-refractivity contribution in [2.24, 2.45) is 0 Å². The molecule has 52 heavy (non-hydrogen) atoms. The SMILES string of the molecule is CC[C@@H]1C[C@H](Nc2ncc(OCCOC)c(Cc3cc(C(F)(F)F)cc(C(F)(F)F)c3)n2)c2nc(C(F)(F)F)ccc2N1C(=O)OCCCC(=O)O. The van der Waals surface area contributed by atoms with E-state index < -0.39 is 71.5 Å². The number of methoxy groups -OCH3 is 1. The van der Waals surface area contributed by atoms with E-state index in [1.54, 1.807) is 6.92 Å². The zero-order valence-electron chi connectivity index (χ0n) is 27.5. The average Bonchev–Trinajstić information content (AvgIpc) is 3.05. The van der Waals surface area contributed by atoms with Gasteiger partial charge in [0, 0.05) is 26.0 Å². The number of ether oxygens (including phenoxy) is 3. The summed E-state index contributed by atoms with van der Waals surface area (Å²) in [5.41, 5.74) is -5.30. The summed E-state index contributed by atoms with van der Waals surface area (Å²) in [5.74, 6) is -1.52. The quantitative estimate of drug-likeness (QED) is 0.132. The van der Waals surface area contributed by atoms with E-state index in [-0.39, 0.29) is 80.3 Å². The van der Waals surface area contributed by atoms with Gasteiger partial charge in [-0.05, 0) is 55.2 Å². The number of hydrogen-bond donors (Lipinski definition) is 2. The number of halogens is 9. The Hall–Kier alpha value is -4.88. The van der Waals surface area contributed by atoms with Gasteiger partial charge in [-0.2, -0.15) is 39.5 Å². The van der Waals surface area contributed by atoms with Gasteiger partial charge in [0.05, 0.1) is 53.7 Å². The number of aromatic nitrogens is 3. The molecule has 3 heterocycles. The first-order chi connectivity index (χ1) is 24.3. The third kappa shape index (κ3) is 10.1. The van der Waals surface area contributed by atoms with Crippen LogP contribution in [0.15, 0.2) is 36.5 Å². The van der Waals surface area contributed by atoms with E-state index in [0.717, 1.165) is 17.2 Å². The molecule has 20 heteroatoms. The second-order valence-electron chi connectivity index (χ2n) is 11.5. The van der Waals surface area contributed by atoms with Crippen LogP contribution in [0.25, 0.3) is 0 Å². The molecule has 0 saturated heterocycles. The van der Waals surface area contributed by atoms with Crippen LogP contribution < -0.4 is 15.0 Å². The molecule has 1 aliphatic heterocycles. The Bertz CT molecular complexity index is 1700. The van der Waals surface area contributed by atoms with Crippen LogP contribution in [0.5, 0.6) is 5.75 Å². The van der Waals surface area contributed by atoms with Crippen molar-refractivity contribution < 1.29 is 68.4 Å². The average molecular weight is 754 g/mol. The fraction of sp³-hybridized carbons (Fsp3) is 0.469. The molecule has 11 nitrogen and oxygen atoms in total. The molecule has 1 aliphatic rings. The Kier molecular flexibility index (Phi) is 12.4. The number of carboxylic acid groups (broad SMARTS) is 1. The molecular formula is C32H32F9N5O6. The molecule has 2 N–H and O–H groups in total. The summed E-state index contributed by atoms with van der Waals surface area (Å²) in [6.07, 6.45) is -15.7. The molecule has 2 atom stereocenters. The highest BCUT2D eigenvalue weighted by atomic mass is 19.4. The lowest BCUT2D eigenvalue weighted by Gasteiger charge is -2.39. The lowest BCUT2D eigenvalue weighted by molar-refractivity contribution is -0.143. The number of anilines is 2. The van der Waals surface area contributed by atoms with E-state index in [1.807, 2.05) is 0 Å². The van der Waals surface area contributed by atoms with Crippen LogP contribution in [0.1, 0.15) is 72.4 Å². The number of aliphatic carboxylic acids is 1. The maximum absolute atomic E-state index is 13.8. The lowest BCUT2D eigenvalue weighted by Crippen LogP contribution is -2.46. The van der Waals surface area contributed by atoms with Gasteiger partial charge >= 0.3 is 30.6 Å². The Morgan fingerprint density at radius 1 is 0.942 bits per heavy atom. The number of carbonyl (C=O) groups excluding carboxylic acids is 1. The number of rotatable bonds is 13. The van der Waals surface area contributed by atoms with E-state index in [9.17, 15) is 49.1 Å². The number of alkyl halides is 9. The van der Waals surface area contributed by atoms with Gasteiger partial charge in [-0.15, -0.1) is 0 Å². The van der Waals surface area contributed by atoms with Crippen LogP contribution in [0, 0.1) is 0 Å². The number of carboxylic acids is 1. The molecule has 0 bridgehead atoms. The third-order valence-electron chi connectivity index (χ3n) is 7.78. The molecule has 0 saturated carbocycles. The van der Waals surface area contributed by atoms with Crippen molar-refractivity contribution >= 4 is 23.7 Å².